The molecule has 1 aromatic carbocycles. The van der Waals surface area contributed by atoms with Crippen LogP contribution in [0.3, 0.4) is 0 Å². The summed E-state index contributed by atoms with van der Waals surface area (Å²) in [4.78, 5) is 28.7. The Bertz CT molecular complexity index is 1220. The van der Waals surface area contributed by atoms with Crippen molar-refractivity contribution < 1.29 is 17.9 Å². The number of rotatable bonds is 4. The number of pyridine rings is 1. The van der Waals surface area contributed by atoms with Gasteiger partial charge < -0.3 is 4.74 Å². The highest BCUT2D eigenvalue weighted by Gasteiger charge is 2.17. The number of fused-ring (bicyclic) bond motifs is 1. The number of hydrogen-bond donors (Lipinski definition) is 0. The zero-order chi connectivity index (χ0) is 19.8. The number of carbonyl (C=O) groups excluding carboxylic acids is 1. The van der Waals surface area contributed by atoms with Gasteiger partial charge in [-0.25, -0.2) is 18.2 Å². The number of nitrogens with zero attached hydrogens (tertiary/aromatic N) is 2. The van der Waals surface area contributed by atoms with Crippen LogP contribution in [0.25, 0.3) is 5.65 Å². The van der Waals surface area contributed by atoms with Crippen LogP contribution in [-0.4, -0.2) is 30.0 Å². The van der Waals surface area contributed by atoms with Gasteiger partial charge in [0, 0.05) is 23.0 Å². The Balaban J connectivity index is 1.85. The van der Waals surface area contributed by atoms with Gasteiger partial charge in [0.15, 0.2) is 9.84 Å². The van der Waals surface area contributed by atoms with Gasteiger partial charge in [-0.3, -0.25) is 9.20 Å². The summed E-state index contributed by atoms with van der Waals surface area (Å²) in [5.41, 5.74) is 0.241. The molecule has 0 aliphatic carbocycles. The van der Waals surface area contributed by atoms with Crippen molar-refractivity contribution in [3.8, 4) is 0 Å². The number of ether oxygens (including phenoxy) is 1. The largest absolute Gasteiger partial charge is 0.456 e. The average Bonchev–Trinajstić information content (AvgIpc) is 2.59. The standard InChI is InChI=1S/C17H12BrClN2O5S/c1-27(24,25)12-3-4-14(19)13(7-12)17(23)26-9-11-6-16(22)21-8-10(18)2-5-15(21)20-11/h2-8H,9H2,1H3. The molecule has 0 N–H and O–H groups in total. The molecule has 0 radical (unpaired) electrons. The van der Waals surface area contributed by atoms with Crippen LogP contribution in [0.5, 0.6) is 0 Å². The second-order valence-corrected chi connectivity index (χ2v) is 8.99. The molecule has 0 aliphatic rings. The third kappa shape index (κ3) is 4.37. The number of esters is 1. The molecule has 0 spiro atoms. The molecule has 3 aromatic rings. The lowest BCUT2D eigenvalue weighted by Gasteiger charge is -2.08. The van der Waals surface area contributed by atoms with E-state index < -0.39 is 15.8 Å². The van der Waals surface area contributed by atoms with Crippen LogP contribution < -0.4 is 5.56 Å². The molecule has 3 rings (SSSR count). The molecule has 0 saturated carbocycles. The minimum atomic E-state index is -3.50. The van der Waals surface area contributed by atoms with Crippen molar-refractivity contribution in [2.45, 2.75) is 11.5 Å². The third-order valence-electron chi connectivity index (χ3n) is 3.61. The van der Waals surface area contributed by atoms with Gasteiger partial charge in [-0.1, -0.05) is 11.6 Å². The molecule has 0 saturated heterocycles. The first-order chi connectivity index (χ1) is 12.6. The van der Waals surface area contributed by atoms with E-state index in [1.165, 1.54) is 22.6 Å². The van der Waals surface area contributed by atoms with Crippen LogP contribution in [0.4, 0.5) is 0 Å². The number of hydrogen-bond acceptors (Lipinski definition) is 6. The molecule has 2 aromatic heterocycles. The van der Waals surface area contributed by atoms with Crippen molar-refractivity contribution in [2.24, 2.45) is 0 Å². The molecule has 0 bridgehead atoms. The Morgan fingerprint density at radius 1 is 1.26 bits per heavy atom. The van der Waals surface area contributed by atoms with E-state index in [4.69, 9.17) is 16.3 Å². The fourth-order valence-electron chi connectivity index (χ4n) is 2.31. The van der Waals surface area contributed by atoms with Crippen molar-refractivity contribution in [2.75, 3.05) is 6.26 Å². The summed E-state index contributed by atoms with van der Waals surface area (Å²) in [6, 6.07) is 8.39. The average molecular weight is 472 g/mol. The molecule has 0 fully saturated rings. The molecular formula is C17H12BrClN2O5S. The van der Waals surface area contributed by atoms with Crippen molar-refractivity contribution in [3.63, 3.8) is 0 Å². The van der Waals surface area contributed by atoms with Crippen LogP contribution in [-0.2, 0) is 21.2 Å². The van der Waals surface area contributed by atoms with Crippen LogP contribution in [0.15, 0.2) is 56.8 Å². The van der Waals surface area contributed by atoms with Crippen LogP contribution in [0.1, 0.15) is 16.1 Å². The predicted octanol–water partition coefficient (Wildman–Crippen LogP) is 2.87. The van der Waals surface area contributed by atoms with Gasteiger partial charge in [0.25, 0.3) is 5.56 Å². The minimum absolute atomic E-state index is 0.0495. The van der Waals surface area contributed by atoms with Crippen LogP contribution >= 0.6 is 27.5 Å². The number of benzene rings is 1. The molecule has 0 unspecified atom stereocenters. The van der Waals surface area contributed by atoms with Gasteiger partial charge in [-0.05, 0) is 46.3 Å². The van der Waals surface area contributed by atoms with E-state index in [1.807, 2.05) is 0 Å². The van der Waals surface area contributed by atoms with Gasteiger partial charge in [-0.2, -0.15) is 0 Å². The molecule has 10 heteroatoms. The number of carbonyl (C=O) groups is 1. The number of halogens is 2. The monoisotopic (exact) mass is 470 g/mol. The Morgan fingerprint density at radius 3 is 2.70 bits per heavy atom. The van der Waals surface area contributed by atoms with Gasteiger partial charge in [0.2, 0.25) is 0 Å². The third-order valence-corrected chi connectivity index (χ3v) is 5.52. The lowest BCUT2D eigenvalue weighted by molar-refractivity contribution is 0.0467. The fourth-order valence-corrected chi connectivity index (χ4v) is 3.49. The van der Waals surface area contributed by atoms with Gasteiger partial charge in [0.05, 0.1) is 21.2 Å². The predicted molar refractivity (Wildman–Crippen MR) is 103 cm³/mol. The molecular weight excluding hydrogens is 460 g/mol. The Hall–Kier alpha value is -2.23. The molecule has 140 valence electrons. The maximum atomic E-state index is 12.3. The first kappa shape index (κ1) is 19.5. The lowest BCUT2D eigenvalue weighted by atomic mass is 10.2. The summed E-state index contributed by atoms with van der Waals surface area (Å²) in [5.74, 6) is -0.816. The Labute approximate surface area is 167 Å². The first-order valence-electron chi connectivity index (χ1n) is 7.50. The lowest BCUT2D eigenvalue weighted by Crippen LogP contribution is -2.16. The fraction of sp³-hybridized carbons (Fsp3) is 0.118. The normalized spacial score (nSPS) is 11.5. The summed E-state index contributed by atoms with van der Waals surface area (Å²) in [6.07, 6.45) is 2.60. The van der Waals surface area contributed by atoms with E-state index in [0.29, 0.717) is 5.65 Å². The topological polar surface area (TPSA) is 94.8 Å². The Morgan fingerprint density at radius 2 is 2.00 bits per heavy atom. The van der Waals surface area contributed by atoms with Gasteiger partial charge in [0.1, 0.15) is 12.3 Å². The molecule has 0 amide bonds. The highest BCUT2D eigenvalue weighted by Crippen LogP contribution is 2.21. The van der Waals surface area contributed by atoms with E-state index in [0.717, 1.165) is 16.8 Å². The smallest absolute Gasteiger partial charge is 0.340 e. The van der Waals surface area contributed by atoms with E-state index >= 15 is 0 Å². The van der Waals surface area contributed by atoms with Crippen molar-refractivity contribution in [1.82, 2.24) is 9.38 Å². The molecule has 0 atom stereocenters. The maximum Gasteiger partial charge on any atom is 0.340 e. The summed E-state index contributed by atoms with van der Waals surface area (Å²) in [7, 11) is -3.50. The SMILES string of the molecule is CS(=O)(=O)c1ccc(Cl)c(C(=O)OCc2cc(=O)n3cc(Br)ccc3n2)c1. The second-order valence-electron chi connectivity index (χ2n) is 5.65. The van der Waals surface area contributed by atoms with Crippen LogP contribution in [0.2, 0.25) is 5.02 Å². The van der Waals surface area contributed by atoms with E-state index in [-0.39, 0.29) is 33.3 Å². The first-order valence-corrected chi connectivity index (χ1v) is 10.6. The van der Waals surface area contributed by atoms with Crippen molar-refractivity contribution in [1.29, 1.82) is 0 Å². The van der Waals surface area contributed by atoms with Crippen LogP contribution in [0, 0.1) is 0 Å². The minimum Gasteiger partial charge on any atom is -0.456 e. The molecule has 2 heterocycles. The summed E-state index contributed by atoms with van der Waals surface area (Å²) in [6.45, 7) is -0.264. The summed E-state index contributed by atoms with van der Waals surface area (Å²) >= 11 is 9.25. The quantitative estimate of drug-likeness (QED) is 0.543. The van der Waals surface area contributed by atoms with Gasteiger partial charge >= 0.3 is 5.97 Å². The Kier molecular flexibility index (Phi) is 5.36. The summed E-state index contributed by atoms with van der Waals surface area (Å²) < 4.78 is 30.5. The van der Waals surface area contributed by atoms with Gasteiger partial charge in [-0.15, -0.1) is 0 Å². The highest BCUT2D eigenvalue weighted by atomic mass is 79.9. The highest BCUT2D eigenvalue weighted by molar-refractivity contribution is 9.10. The van der Waals surface area contributed by atoms with E-state index in [1.54, 1.807) is 18.3 Å². The van der Waals surface area contributed by atoms with Crippen molar-refractivity contribution >= 4 is 49.0 Å². The number of sulfone groups is 1. The van der Waals surface area contributed by atoms with Crippen molar-refractivity contribution in [3.05, 3.63) is 73.7 Å². The zero-order valence-electron chi connectivity index (χ0n) is 13.8. The summed E-state index contributed by atoms with van der Waals surface area (Å²) in [5, 5.41) is 0.0591. The van der Waals surface area contributed by atoms with E-state index in [2.05, 4.69) is 20.9 Å². The zero-order valence-corrected chi connectivity index (χ0v) is 17.0. The second kappa shape index (κ2) is 7.41. The number of aromatic nitrogens is 2. The van der Waals surface area contributed by atoms with E-state index in [9.17, 15) is 18.0 Å². The maximum absolute atomic E-state index is 12.3. The molecule has 7 nitrogen and oxygen atoms in total. The molecule has 27 heavy (non-hydrogen) atoms. The molecule has 0 aliphatic heterocycles.